The van der Waals surface area contributed by atoms with E-state index in [-0.39, 0.29) is 0 Å². The molecule has 2 N–H and O–H groups in total. The molecule has 0 fully saturated rings. The summed E-state index contributed by atoms with van der Waals surface area (Å²) in [4.78, 5) is 10.6. The maximum Gasteiger partial charge on any atom is 0.320 e. The second-order valence-corrected chi connectivity index (χ2v) is 4.26. The van der Waals surface area contributed by atoms with Gasteiger partial charge in [-0.2, -0.15) is 0 Å². The summed E-state index contributed by atoms with van der Waals surface area (Å²) >= 11 is 3.37. The zero-order valence-corrected chi connectivity index (χ0v) is 10.7. The van der Waals surface area contributed by atoms with Crippen molar-refractivity contribution in [1.82, 2.24) is 5.32 Å². The summed E-state index contributed by atoms with van der Waals surface area (Å²) in [6.07, 6.45) is 0. The Labute approximate surface area is 103 Å². The summed E-state index contributed by atoms with van der Waals surface area (Å²) in [6.45, 7) is 2.12. The SMILES string of the molecule is COc1ccc(CN[C@H](C)C(=O)O)cc1Br. The predicted octanol–water partition coefficient (Wildman–Crippen LogP) is 2.02. The Morgan fingerprint density at radius 1 is 1.62 bits per heavy atom. The Morgan fingerprint density at radius 2 is 2.31 bits per heavy atom. The van der Waals surface area contributed by atoms with Crippen LogP contribution in [0.5, 0.6) is 5.75 Å². The molecule has 0 aliphatic carbocycles. The van der Waals surface area contributed by atoms with E-state index in [0.29, 0.717) is 6.54 Å². The fourth-order valence-electron chi connectivity index (χ4n) is 1.18. The number of methoxy groups -OCH3 is 1. The average molecular weight is 288 g/mol. The molecule has 1 aromatic rings. The zero-order valence-electron chi connectivity index (χ0n) is 9.16. The smallest absolute Gasteiger partial charge is 0.320 e. The molecular formula is C11H14BrNO3. The molecule has 0 spiro atoms. The highest BCUT2D eigenvalue weighted by Gasteiger charge is 2.09. The fourth-order valence-corrected chi connectivity index (χ4v) is 1.77. The maximum atomic E-state index is 10.6. The number of carbonyl (C=O) groups is 1. The van der Waals surface area contributed by atoms with Crippen molar-refractivity contribution >= 4 is 21.9 Å². The van der Waals surface area contributed by atoms with Crippen LogP contribution in [0.2, 0.25) is 0 Å². The lowest BCUT2D eigenvalue weighted by molar-refractivity contribution is -0.139. The lowest BCUT2D eigenvalue weighted by Gasteiger charge is -2.10. The Hall–Kier alpha value is -1.07. The number of ether oxygens (including phenoxy) is 1. The van der Waals surface area contributed by atoms with Crippen molar-refractivity contribution in [3.05, 3.63) is 28.2 Å². The number of hydrogen-bond donors (Lipinski definition) is 2. The van der Waals surface area contributed by atoms with E-state index >= 15 is 0 Å². The molecule has 0 aliphatic rings. The highest BCUT2D eigenvalue weighted by molar-refractivity contribution is 9.10. The molecule has 1 rings (SSSR count). The minimum Gasteiger partial charge on any atom is -0.496 e. The Kier molecular flexibility index (Phi) is 4.76. The quantitative estimate of drug-likeness (QED) is 0.870. The van der Waals surface area contributed by atoms with Crippen LogP contribution in [0.25, 0.3) is 0 Å². The van der Waals surface area contributed by atoms with Crippen LogP contribution in [0, 0.1) is 0 Å². The average Bonchev–Trinajstić information content (AvgIpc) is 2.25. The normalized spacial score (nSPS) is 12.2. The third-order valence-electron chi connectivity index (χ3n) is 2.20. The molecule has 0 unspecified atom stereocenters. The van der Waals surface area contributed by atoms with Crippen LogP contribution < -0.4 is 10.1 Å². The number of carboxylic acid groups (broad SMARTS) is 1. The van der Waals surface area contributed by atoms with Gasteiger partial charge in [0.15, 0.2) is 0 Å². The van der Waals surface area contributed by atoms with Gasteiger partial charge in [0.2, 0.25) is 0 Å². The van der Waals surface area contributed by atoms with Crippen LogP contribution in [0.15, 0.2) is 22.7 Å². The zero-order chi connectivity index (χ0) is 12.1. The third kappa shape index (κ3) is 3.50. The second-order valence-electron chi connectivity index (χ2n) is 3.41. The van der Waals surface area contributed by atoms with E-state index < -0.39 is 12.0 Å². The molecule has 1 aromatic carbocycles. The van der Waals surface area contributed by atoms with Gasteiger partial charge in [-0.1, -0.05) is 6.07 Å². The number of halogens is 1. The van der Waals surface area contributed by atoms with Crippen LogP contribution in [-0.4, -0.2) is 24.2 Å². The highest BCUT2D eigenvalue weighted by atomic mass is 79.9. The van der Waals surface area contributed by atoms with E-state index in [9.17, 15) is 4.79 Å². The molecule has 0 saturated heterocycles. The van der Waals surface area contributed by atoms with Gasteiger partial charge in [0, 0.05) is 6.54 Å². The van der Waals surface area contributed by atoms with Crippen molar-refractivity contribution in [1.29, 1.82) is 0 Å². The molecule has 0 amide bonds. The highest BCUT2D eigenvalue weighted by Crippen LogP contribution is 2.25. The summed E-state index contributed by atoms with van der Waals surface area (Å²) in [6, 6.07) is 5.08. The Balaban J connectivity index is 2.62. The molecule has 0 radical (unpaired) electrons. The second kappa shape index (κ2) is 5.86. The summed E-state index contributed by atoms with van der Waals surface area (Å²) in [5.74, 6) is -0.0948. The summed E-state index contributed by atoms with van der Waals surface area (Å²) < 4.78 is 5.96. The molecule has 16 heavy (non-hydrogen) atoms. The fraction of sp³-hybridized carbons (Fsp3) is 0.364. The van der Waals surface area contributed by atoms with Crippen LogP contribution in [-0.2, 0) is 11.3 Å². The molecule has 4 nitrogen and oxygen atoms in total. The van der Waals surface area contributed by atoms with Crippen LogP contribution in [0.1, 0.15) is 12.5 Å². The summed E-state index contributed by atoms with van der Waals surface area (Å²) in [5.41, 5.74) is 1.00. The number of rotatable bonds is 5. The summed E-state index contributed by atoms with van der Waals surface area (Å²) in [5, 5.41) is 11.6. The van der Waals surface area contributed by atoms with Gasteiger partial charge < -0.3 is 15.2 Å². The maximum absolute atomic E-state index is 10.6. The first-order valence-electron chi connectivity index (χ1n) is 4.83. The van der Waals surface area contributed by atoms with E-state index in [1.54, 1.807) is 14.0 Å². The molecule has 88 valence electrons. The summed E-state index contributed by atoms with van der Waals surface area (Å²) in [7, 11) is 1.60. The van der Waals surface area contributed by atoms with Gasteiger partial charge in [0.05, 0.1) is 11.6 Å². The predicted molar refractivity (Wildman–Crippen MR) is 64.6 cm³/mol. The number of aliphatic carboxylic acids is 1. The van der Waals surface area contributed by atoms with Gasteiger partial charge >= 0.3 is 5.97 Å². The van der Waals surface area contributed by atoms with Crippen molar-refractivity contribution in [2.45, 2.75) is 19.5 Å². The van der Waals surface area contributed by atoms with Crippen LogP contribution in [0.3, 0.4) is 0 Å². The molecule has 5 heteroatoms. The van der Waals surface area contributed by atoms with Crippen molar-refractivity contribution in [2.75, 3.05) is 7.11 Å². The first-order valence-corrected chi connectivity index (χ1v) is 5.62. The van der Waals surface area contributed by atoms with E-state index in [4.69, 9.17) is 9.84 Å². The first-order chi connectivity index (χ1) is 7.54. The van der Waals surface area contributed by atoms with E-state index in [1.807, 2.05) is 18.2 Å². The van der Waals surface area contributed by atoms with E-state index in [2.05, 4.69) is 21.2 Å². The first kappa shape index (κ1) is 13.0. The lowest BCUT2D eigenvalue weighted by atomic mass is 10.2. The van der Waals surface area contributed by atoms with Gasteiger partial charge in [-0.25, -0.2) is 0 Å². The molecule has 0 aliphatic heterocycles. The minimum absolute atomic E-state index is 0.510. The van der Waals surface area contributed by atoms with E-state index in [1.165, 1.54) is 0 Å². The number of carboxylic acids is 1. The molecular weight excluding hydrogens is 274 g/mol. The Bertz CT molecular complexity index is 381. The van der Waals surface area contributed by atoms with Crippen molar-refractivity contribution in [3.8, 4) is 5.75 Å². The van der Waals surface area contributed by atoms with Crippen molar-refractivity contribution in [2.24, 2.45) is 0 Å². The van der Waals surface area contributed by atoms with E-state index in [0.717, 1.165) is 15.8 Å². The molecule has 0 bridgehead atoms. The largest absolute Gasteiger partial charge is 0.496 e. The standard InChI is InChI=1S/C11H14BrNO3/c1-7(11(14)15)13-6-8-3-4-10(16-2)9(12)5-8/h3-5,7,13H,6H2,1-2H3,(H,14,15)/t7-/m1/s1. The number of benzene rings is 1. The van der Waals surface area contributed by atoms with Crippen molar-refractivity contribution < 1.29 is 14.6 Å². The number of nitrogens with one attached hydrogen (secondary N) is 1. The third-order valence-corrected chi connectivity index (χ3v) is 2.82. The number of hydrogen-bond acceptors (Lipinski definition) is 3. The Morgan fingerprint density at radius 3 is 2.81 bits per heavy atom. The molecule has 1 atom stereocenters. The van der Waals surface area contributed by atoms with Gasteiger partial charge in [0.25, 0.3) is 0 Å². The molecule has 0 aromatic heterocycles. The topological polar surface area (TPSA) is 58.6 Å². The van der Waals surface area contributed by atoms with Crippen LogP contribution in [0.4, 0.5) is 0 Å². The minimum atomic E-state index is -0.854. The van der Waals surface area contributed by atoms with Gasteiger partial charge in [0.1, 0.15) is 11.8 Å². The molecule has 0 heterocycles. The van der Waals surface area contributed by atoms with Crippen molar-refractivity contribution in [3.63, 3.8) is 0 Å². The lowest BCUT2D eigenvalue weighted by Crippen LogP contribution is -2.33. The van der Waals surface area contributed by atoms with Gasteiger partial charge in [-0.05, 0) is 40.5 Å². The molecule has 0 saturated carbocycles. The van der Waals surface area contributed by atoms with Gasteiger partial charge in [-0.3, -0.25) is 4.79 Å². The van der Waals surface area contributed by atoms with Crippen LogP contribution >= 0.6 is 15.9 Å². The monoisotopic (exact) mass is 287 g/mol. The van der Waals surface area contributed by atoms with Gasteiger partial charge in [-0.15, -0.1) is 0 Å².